The second-order valence-electron chi connectivity index (χ2n) is 6.93. The van der Waals surface area contributed by atoms with Crippen molar-refractivity contribution in [2.24, 2.45) is 0 Å². The molecule has 0 aliphatic heterocycles. The number of carboxylic acid groups (broad SMARTS) is 6. The first-order valence-corrected chi connectivity index (χ1v) is 9.64. The van der Waals surface area contributed by atoms with Crippen LogP contribution in [0.2, 0.25) is 0 Å². The third-order valence-electron chi connectivity index (χ3n) is 4.25. The molecule has 0 spiro atoms. The molecule has 6 atom stereocenters. The summed E-state index contributed by atoms with van der Waals surface area (Å²) in [4.78, 5) is 67.8. The standard InChI is InChI=1S/C18H27NO15/c1-7(32-10(16(26)27)4-13(20)21)19(8(2)33-11(17(28)29)5-14(22)23)9(3)34-12(18(30)31)6-15(24)25/h7-12H,4-6H2,1-3H3,(H,20,21)(H,22,23)(H,24,25)(H,26,27)(H,28,29)(H,30,31). The van der Waals surface area contributed by atoms with Crippen molar-refractivity contribution >= 4 is 35.8 Å². The topological polar surface area (TPSA) is 255 Å². The van der Waals surface area contributed by atoms with Crippen LogP contribution >= 0.6 is 0 Å². The average Bonchev–Trinajstić information content (AvgIpc) is 2.65. The number of nitrogens with zero attached hydrogens (tertiary/aromatic N) is 1. The zero-order valence-electron chi connectivity index (χ0n) is 18.4. The second-order valence-corrected chi connectivity index (χ2v) is 6.93. The Hall–Kier alpha value is -3.34. The smallest absolute Gasteiger partial charge is 0.333 e. The Kier molecular flexibility index (Phi) is 12.7. The van der Waals surface area contributed by atoms with Crippen LogP contribution in [0.5, 0.6) is 0 Å². The highest BCUT2D eigenvalue weighted by molar-refractivity contribution is 5.80. The molecule has 0 fully saturated rings. The number of aliphatic carboxylic acids is 6. The molecular formula is C18H27NO15. The largest absolute Gasteiger partial charge is 0.481 e. The van der Waals surface area contributed by atoms with Crippen LogP contribution in [0.4, 0.5) is 0 Å². The number of ether oxygens (including phenoxy) is 3. The van der Waals surface area contributed by atoms with Gasteiger partial charge in [-0.05, 0) is 20.8 Å². The fourth-order valence-corrected chi connectivity index (χ4v) is 2.87. The maximum absolute atomic E-state index is 11.4. The lowest BCUT2D eigenvalue weighted by Gasteiger charge is -2.40. The molecule has 0 amide bonds. The molecule has 0 aromatic heterocycles. The zero-order chi connectivity index (χ0) is 26.7. The minimum atomic E-state index is -1.89. The molecule has 0 radical (unpaired) electrons. The first-order valence-electron chi connectivity index (χ1n) is 9.64. The Morgan fingerprint density at radius 2 is 0.735 bits per heavy atom. The predicted octanol–water partition coefficient (Wildman–Crippen LogP) is -0.840. The molecule has 0 saturated heterocycles. The van der Waals surface area contributed by atoms with E-state index in [0.29, 0.717) is 0 Å². The van der Waals surface area contributed by atoms with Crippen molar-refractivity contribution in [2.75, 3.05) is 0 Å². The van der Waals surface area contributed by atoms with Gasteiger partial charge in [-0.15, -0.1) is 0 Å². The Morgan fingerprint density at radius 3 is 0.882 bits per heavy atom. The molecule has 34 heavy (non-hydrogen) atoms. The Morgan fingerprint density at radius 1 is 0.529 bits per heavy atom. The van der Waals surface area contributed by atoms with Gasteiger partial charge in [-0.25, -0.2) is 19.3 Å². The van der Waals surface area contributed by atoms with Gasteiger partial charge >= 0.3 is 35.8 Å². The van der Waals surface area contributed by atoms with E-state index in [0.717, 1.165) is 4.90 Å². The highest BCUT2D eigenvalue weighted by Gasteiger charge is 2.37. The minimum absolute atomic E-state index is 0.952. The van der Waals surface area contributed by atoms with Gasteiger partial charge in [-0.2, -0.15) is 0 Å². The Bertz CT molecular complexity index is 669. The van der Waals surface area contributed by atoms with E-state index in [1.165, 1.54) is 20.8 Å². The van der Waals surface area contributed by atoms with Crippen LogP contribution in [0.25, 0.3) is 0 Å². The van der Waals surface area contributed by atoms with Gasteiger partial charge < -0.3 is 44.8 Å². The third kappa shape index (κ3) is 11.0. The molecule has 0 aliphatic rings. The SMILES string of the molecule is CC(OC(CC(=O)O)C(=O)O)N(C(C)OC(CC(=O)O)C(=O)O)C(C)OC(CC(=O)O)C(=O)O. The van der Waals surface area contributed by atoms with Crippen LogP contribution in [0.15, 0.2) is 0 Å². The molecule has 0 bridgehead atoms. The fourth-order valence-electron chi connectivity index (χ4n) is 2.87. The lowest BCUT2D eigenvalue weighted by molar-refractivity contribution is -0.243. The number of carboxylic acids is 6. The van der Waals surface area contributed by atoms with Gasteiger partial charge in [0.2, 0.25) is 0 Å². The molecule has 0 aromatic carbocycles. The molecule has 0 aromatic rings. The van der Waals surface area contributed by atoms with Crippen molar-refractivity contribution in [2.45, 2.75) is 77.0 Å². The lowest BCUT2D eigenvalue weighted by atomic mass is 10.2. The molecule has 16 nitrogen and oxygen atoms in total. The molecule has 16 heteroatoms. The van der Waals surface area contributed by atoms with Crippen molar-refractivity contribution in [3.63, 3.8) is 0 Å². The second kappa shape index (κ2) is 14.0. The summed E-state index contributed by atoms with van der Waals surface area (Å²) in [6.45, 7) is 3.58. The van der Waals surface area contributed by atoms with Crippen LogP contribution < -0.4 is 0 Å². The third-order valence-corrected chi connectivity index (χ3v) is 4.25. The van der Waals surface area contributed by atoms with Gasteiger partial charge in [-0.3, -0.25) is 14.4 Å². The van der Waals surface area contributed by atoms with Crippen molar-refractivity contribution in [1.82, 2.24) is 4.90 Å². The first kappa shape index (κ1) is 30.7. The normalized spacial score (nSPS) is 16.6. The Labute approximate surface area is 192 Å². The van der Waals surface area contributed by atoms with E-state index in [1.54, 1.807) is 0 Å². The minimum Gasteiger partial charge on any atom is -0.481 e. The number of hydrogen-bond donors (Lipinski definition) is 6. The molecule has 194 valence electrons. The van der Waals surface area contributed by atoms with E-state index in [1.807, 2.05) is 0 Å². The van der Waals surface area contributed by atoms with E-state index < -0.39 is 92.1 Å². The summed E-state index contributed by atoms with van der Waals surface area (Å²) in [5.41, 5.74) is 0. The first-order chi connectivity index (χ1) is 15.6. The number of hydrogen-bond acceptors (Lipinski definition) is 10. The monoisotopic (exact) mass is 497 g/mol. The van der Waals surface area contributed by atoms with Gasteiger partial charge in [0.1, 0.15) is 18.7 Å². The molecule has 0 saturated carbocycles. The summed E-state index contributed by atoms with van der Waals surface area (Å²) in [5.74, 6) is -9.50. The van der Waals surface area contributed by atoms with Gasteiger partial charge in [0.25, 0.3) is 0 Å². The molecule has 0 heterocycles. The maximum atomic E-state index is 11.4. The van der Waals surface area contributed by atoms with Gasteiger partial charge in [0.05, 0.1) is 19.3 Å². The summed E-state index contributed by atoms with van der Waals surface area (Å²) in [7, 11) is 0. The highest BCUT2D eigenvalue weighted by atomic mass is 16.6. The average molecular weight is 497 g/mol. The van der Waals surface area contributed by atoms with Crippen molar-refractivity contribution in [1.29, 1.82) is 0 Å². The summed E-state index contributed by atoms with van der Waals surface area (Å²) >= 11 is 0. The summed E-state index contributed by atoms with van der Waals surface area (Å²) in [6.07, 6.45) is -12.9. The van der Waals surface area contributed by atoms with Gasteiger partial charge in [0.15, 0.2) is 18.3 Å². The molecular weight excluding hydrogens is 470 g/mol. The van der Waals surface area contributed by atoms with Crippen LogP contribution in [-0.4, -0.2) is 108 Å². The van der Waals surface area contributed by atoms with E-state index >= 15 is 0 Å². The maximum Gasteiger partial charge on any atom is 0.333 e. The summed E-state index contributed by atoms with van der Waals surface area (Å²) in [6, 6.07) is 0. The van der Waals surface area contributed by atoms with Crippen LogP contribution in [0.1, 0.15) is 40.0 Å². The number of rotatable bonds is 18. The van der Waals surface area contributed by atoms with Crippen LogP contribution in [-0.2, 0) is 43.0 Å². The van der Waals surface area contributed by atoms with E-state index in [4.69, 9.17) is 29.5 Å². The fraction of sp³-hybridized carbons (Fsp3) is 0.667. The highest BCUT2D eigenvalue weighted by Crippen LogP contribution is 2.21. The summed E-state index contributed by atoms with van der Waals surface area (Å²) < 4.78 is 15.7. The van der Waals surface area contributed by atoms with Gasteiger partial charge in [0, 0.05) is 0 Å². The summed E-state index contributed by atoms with van der Waals surface area (Å²) in [5, 5.41) is 54.3. The molecule has 0 rings (SSSR count). The Balaban J connectivity index is 5.99. The van der Waals surface area contributed by atoms with Gasteiger partial charge in [-0.1, -0.05) is 0 Å². The molecule has 6 N–H and O–H groups in total. The number of carbonyl (C=O) groups is 6. The van der Waals surface area contributed by atoms with Crippen molar-refractivity contribution < 1.29 is 73.6 Å². The van der Waals surface area contributed by atoms with Crippen LogP contribution in [0, 0.1) is 0 Å². The molecule has 0 aliphatic carbocycles. The van der Waals surface area contributed by atoms with Crippen molar-refractivity contribution in [3.05, 3.63) is 0 Å². The quantitative estimate of drug-likeness (QED) is 0.126. The van der Waals surface area contributed by atoms with E-state index in [-0.39, 0.29) is 0 Å². The zero-order valence-corrected chi connectivity index (χ0v) is 18.4. The predicted molar refractivity (Wildman–Crippen MR) is 105 cm³/mol. The molecule has 6 unspecified atom stereocenters. The lowest BCUT2D eigenvalue weighted by Crippen LogP contribution is -2.54. The van der Waals surface area contributed by atoms with E-state index in [9.17, 15) is 44.1 Å². The van der Waals surface area contributed by atoms with Crippen molar-refractivity contribution in [3.8, 4) is 0 Å². The van der Waals surface area contributed by atoms with Crippen LogP contribution in [0.3, 0.4) is 0 Å². The van der Waals surface area contributed by atoms with E-state index in [2.05, 4.69) is 0 Å².